The van der Waals surface area contributed by atoms with Gasteiger partial charge in [0.25, 0.3) is 7.82 Å². The van der Waals surface area contributed by atoms with Crippen molar-refractivity contribution in [1.82, 2.24) is 5.32 Å². The van der Waals surface area contributed by atoms with Crippen LogP contribution in [0.5, 0.6) is 0 Å². The molecule has 0 aromatic carbocycles. The molecule has 9 heteroatoms. The molecule has 0 aromatic heterocycles. The van der Waals surface area contributed by atoms with E-state index in [2.05, 4.69) is 104 Å². The summed E-state index contributed by atoms with van der Waals surface area (Å²) in [6.07, 6.45) is 57.4. The predicted molar refractivity (Wildman–Crippen MR) is 251 cm³/mol. The first-order valence-corrected chi connectivity index (χ1v) is 24.6. The van der Waals surface area contributed by atoms with Gasteiger partial charge in [-0.15, -0.1) is 0 Å². The van der Waals surface area contributed by atoms with Crippen LogP contribution in [0.25, 0.3) is 0 Å². The molecule has 0 bridgehead atoms. The van der Waals surface area contributed by atoms with Gasteiger partial charge in [-0.25, -0.2) is 0 Å². The molecule has 0 spiro atoms. The predicted octanol–water partition coefficient (Wildman–Crippen LogP) is 12.5. The molecule has 0 aliphatic heterocycles. The van der Waals surface area contributed by atoms with Crippen LogP contribution in [0.3, 0.4) is 0 Å². The molecule has 0 radical (unpaired) electrons. The number of aliphatic hydroxyl groups is 1. The topological polar surface area (TPSA) is 108 Å². The third kappa shape index (κ3) is 43.3. The number of carbonyl (C=O) groups excluding carboxylic acids is 1. The lowest BCUT2D eigenvalue weighted by Gasteiger charge is -2.29. The number of likely N-dealkylation sites (N-methyl/N-ethyl adjacent to an activating group) is 1. The molecule has 0 aliphatic carbocycles. The second kappa shape index (κ2) is 40.8. The van der Waals surface area contributed by atoms with Gasteiger partial charge in [-0.05, 0) is 83.5 Å². The number of nitrogens with one attached hydrogen (secondary N) is 1. The number of phosphoric acid groups is 1. The van der Waals surface area contributed by atoms with E-state index in [0.29, 0.717) is 23.9 Å². The van der Waals surface area contributed by atoms with Crippen LogP contribution in [0.1, 0.15) is 162 Å². The van der Waals surface area contributed by atoms with E-state index in [4.69, 9.17) is 9.05 Å². The standard InChI is InChI=1S/C50H87N2O6P/c1-6-8-10-12-14-16-18-20-22-23-24-25-26-27-28-29-30-32-34-36-38-40-42-44-50(54)51-48(47-58-59(55,56)57-46-45-52(3,4)5)49(53)43-41-39-37-35-33-31-21-19-17-15-13-11-9-7-2/h8,10,14,16,20,22,24-25,27-28,30,32-33,35,41,43,48-49,53H,6-7,9,11-13,15,17-19,21,23,26,29,31,34,36-40,42,44-47H2,1-5H3,(H-,51,54,55,56)/b10-8-,16-14-,22-20-,25-24-,28-27-,32-30-,35-33+,43-41+. The van der Waals surface area contributed by atoms with E-state index in [1.54, 1.807) is 6.08 Å². The second-order valence-corrected chi connectivity index (χ2v) is 17.8. The van der Waals surface area contributed by atoms with Gasteiger partial charge in [-0.3, -0.25) is 9.36 Å². The lowest BCUT2D eigenvalue weighted by Crippen LogP contribution is -2.45. The van der Waals surface area contributed by atoms with Crippen LogP contribution in [0.2, 0.25) is 0 Å². The van der Waals surface area contributed by atoms with Crippen molar-refractivity contribution < 1.29 is 32.9 Å². The number of hydrogen-bond acceptors (Lipinski definition) is 6. The summed E-state index contributed by atoms with van der Waals surface area (Å²) in [5.74, 6) is -0.237. The van der Waals surface area contributed by atoms with Crippen molar-refractivity contribution in [2.45, 2.75) is 174 Å². The average Bonchev–Trinajstić information content (AvgIpc) is 3.19. The van der Waals surface area contributed by atoms with Gasteiger partial charge in [-0.2, -0.15) is 0 Å². The molecule has 8 nitrogen and oxygen atoms in total. The molecule has 3 atom stereocenters. The van der Waals surface area contributed by atoms with Crippen molar-refractivity contribution in [2.75, 3.05) is 40.9 Å². The maximum Gasteiger partial charge on any atom is 0.268 e. The molecule has 3 unspecified atom stereocenters. The van der Waals surface area contributed by atoms with Crippen molar-refractivity contribution in [3.8, 4) is 0 Å². The first kappa shape index (κ1) is 56.4. The molecule has 2 N–H and O–H groups in total. The van der Waals surface area contributed by atoms with Gasteiger partial charge < -0.3 is 28.8 Å². The van der Waals surface area contributed by atoms with Gasteiger partial charge in [0.05, 0.1) is 39.9 Å². The fourth-order valence-electron chi connectivity index (χ4n) is 5.87. The molecule has 1 amide bonds. The van der Waals surface area contributed by atoms with Gasteiger partial charge in [0.2, 0.25) is 5.91 Å². The monoisotopic (exact) mass is 843 g/mol. The third-order valence-electron chi connectivity index (χ3n) is 9.53. The Hall–Kier alpha value is -2.58. The van der Waals surface area contributed by atoms with Crippen molar-refractivity contribution in [1.29, 1.82) is 0 Å². The molecule has 0 aromatic rings. The minimum Gasteiger partial charge on any atom is -0.756 e. The van der Waals surface area contributed by atoms with Crippen LogP contribution in [-0.4, -0.2) is 68.5 Å². The zero-order valence-corrected chi connectivity index (χ0v) is 39.1. The third-order valence-corrected chi connectivity index (χ3v) is 10.5. The Morgan fingerprint density at radius 3 is 1.58 bits per heavy atom. The summed E-state index contributed by atoms with van der Waals surface area (Å²) in [6.45, 7) is 4.45. The van der Waals surface area contributed by atoms with E-state index in [-0.39, 0.29) is 12.5 Å². The fourth-order valence-corrected chi connectivity index (χ4v) is 6.60. The minimum absolute atomic E-state index is 0.0174. The van der Waals surface area contributed by atoms with Gasteiger partial charge in [0.1, 0.15) is 13.2 Å². The maximum absolute atomic E-state index is 12.9. The highest BCUT2D eigenvalue weighted by molar-refractivity contribution is 7.45. The van der Waals surface area contributed by atoms with E-state index >= 15 is 0 Å². The smallest absolute Gasteiger partial charge is 0.268 e. The maximum atomic E-state index is 12.9. The Kier molecular flexibility index (Phi) is 39.0. The molecule has 0 aliphatic rings. The summed E-state index contributed by atoms with van der Waals surface area (Å²) in [6, 6.07) is -0.923. The largest absolute Gasteiger partial charge is 0.756 e. The number of amides is 1. The second-order valence-electron chi connectivity index (χ2n) is 16.4. The molecular formula is C50H87N2O6P. The number of hydrogen-bond donors (Lipinski definition) is 2. The molecule has 0 saturated heterocycles. The van der Waals surface area contributed by atoms with Crippen LogP contribution in [0.4, 0.5) is 0 Å². The van der Waals surface area contributed by atoms with Crippen LogP contribution in [-0.2, 0) is 18.4 Å². The van der Waals surface area contributed by atoms with E-state index in [0.717, 1.165) is 83.5 Å². The number of rotatable bonds is 40. The molecule has 338 valence electrons. The first-order valence-electron chi connectivity index (χ1n) is 23.1. The number of allylic oxidation sites excluding steroid dienone is 15. The van der Waals surface area contributed by atoms with Gasteiger partial charge >= 0.3 is 0 Å². The Morgan fingerprint density at radius 1 is 0.610 bits per heavy atom. The zero-order chi connectivity index (χ0) is 43.6. The van der Waals surface area contributed by atoms with E-state index < -0.39 is 26.6 Å². The number of unbranched alkanes of at least 4 members (excludes halogenated alkanes) is 13. The Bertz CT molecular complexity index is 1280. The minimum atomic E-state index is -4.61. The number of carbonyl (C=O) groups is 1. The van der Waals surface area contributed by atoms with Crippen molar-refractivity contribution in [2.24, 2.45) is 0 Å². The van der Waals surface area contributed by atoms with Crippen molar-refractivity contribution >= 4 is 13.7 Å². The highest BCUT2D eigenvalue weighted by Crippen LogP contribution is 2.38. The number of aliphatic hydroxyl groups excluding tert-OH is 1. The quantitative estimate of drug-likeness (QED) is 0.0275. The van der Waals surface area contributed by atoms with Crippen molar-refractivity contribution in [3.63, 3.8) is 0 Å². The number of phosphoric ester groups is 1. The van der Waals surface area contributed by atoms with Gasteiger partial charge in [-0.1, -0.05) is 169 Å². The summed E-state index contributed by atoms with van der Waals surface area (Å²) in [5, 5.41) is 13.7. The highest BCUT2D eigenvalue weighted by Gasteiger charge is 2.23. The molecule has 0 rings (SSSR count). The zero-order valence-electron chi connectivity index (χ0n) is 38.2. The summed E-state index contributed by atoms with van der Waals surface area (Å²) >= 11 is 0. The molecule has 0 heterocycles. The Morgan fingerprint density at radius 2 is 1.05 bits per heavy atom. The lowest BCUT2D eigenvalue weighted by molar-refractivity contribution is -0.870. The summed E-state index contributed by atoms with van der Waals surface area (Å²) in [5.41, 5.74) is 0. The summed E-state index contributed by atoms with van der Waals surface area (Å²) < 4.78 is 23.2. The summed E-state index contributed by atoms with van der Waals surface area (Å²) in [4.78, 5) is 25.3. The Labute approximate surface area is 362 Å². The molecule has 59 heavy (non-hydrogen) atoms. The van der Waals surface area contributed by atoms with Crippen LogP contribution < -0.4 is 10.2 Å². The van der Waals surface area contributed by atoms with E-state index in [9.17, 15) is 19.4 Å². The molecule has 0 saturated carbocycles. The lowest BCUT2D eigenvalue weighted by atomic mass is 10.1. The molecule has 0 fully saturated rings. The first-order chi connectivity index (χ1) is 28.5. The van der Waals surface area contributed by atoms with Crippen LogP contribution in [0.15, 0.2) is 97.2 Å². The summed E-state index contributed by atoms with van der Waals surface area (Å²) in [7, 11) is 1.21. The van der Waals surface area contributed by atoms with E-state index in [1.807, 2.05) is 27.2 Å². The van der Waals surface area contributed by atoms with E-state index in [1.165, 1.54) is 51.4 Å². The number of nitrogens with zero attached hydrogens (tertiary/aromatic N) is 1. The van der Waals surface area contributed by atoms with Gasteiger partial charge in [0, 0.05) is 6.42 Å². The SMILES string of the molecule is CC/C=C\C/C=C\C/C=C\C/C=C\C/C=C\C/C=C\CCCCCCC(=O)NC(COP(=O)([O-])OCC[N+](C)(C)C)C(O)/C=C/CC/C=C/CCCCCCCCCC. The number of quaternary nitrogens is 1. The Balaban J connectivity index is 4.49. The van der Waals surface area contributed by atoms with Crippen LogP contribution in [0, 0.1) is 0 Å². The highest BCUT2D eigenvalue weighted by atomic mass is 31.2. The van der Waals surface area contributed by atoms with Crippen LogP contribution >= 0.6 is 7.82 Å². The average molecular weight is 843 g/mol. The van der Waals surface area contributed by atoms with Gasteiger partial charge in [0.15, 0.2) is 0 Å². The fraction of sp³-hybridized carbons (Fsp3) is 0.660. The molecular weight excluding hydrogens is 756 g/mol. The normalized spacial score (nSPS) is 15.2. The van der Waals surface area contributed by atoms with Crippen molar-refractivity contribution in [3.05, 3.63) is 97.2 Å².